The zero-order valence-corrected chi connectivity index (χ0v) is 20.3. The molecule has 1 fully saturated rings. The Labute approximate surface area is 200 Å². The summed E-state index contributed by atoms with van der Waals surface area (Å²) in [7, 11) is 1.90. The summed E-state index contributed by atoms with van der Waals surface area (Å²) in [6.07, 6.45) is 3.70. The molecule has 3 aromatic rings. The number of benzene rings is 2. The lowest BCUT2D eigenvalue weighted by Crippen LogP contribution is -2.46. The first kappa shape index (κ1) is 24.1. The van der Waals surface area contributed by atoms with Gasteiger partial charge < -0.3 is 10.2 Å². The predicted molar refractivity (Wildman–Crippen MR) is 133 cm³/mol. The van der Waals surface area contributed by atoms with Crippen LogP contribution in [0, 0.1) is 0 Å². The normalized spacial score (nSPS) is 17.4. The standard InChI is InChI=1S/C28H33F2N3O/c1-27(2,3)20-9-11-22(12-10-20)33(4)25(24-18-31-17-19-7-5-6-8-23(19)24)26(34)32-21-13-15-28(29,30)16-14-21/h5-12,17-18,21,25H,13-16H2,1-4H3,(H,32,34). The van der Waals surface area contributed by atoms with Crippen molar-refractivity contribution in [1.29, 1.82) is 0 Å². The monoisotopic (exact) mass is 465 g/mol. The van der Waals surface area contributed by atoms with Crippen LogP contribution in [0.15, 0.2) is 60.9 Å². The summed E-state index contributed by atoms with van der Waals surface area (Å²) >= 11 is 0. The summed E-state index contributed by atoms with van der Waals surface area (Å²) in [4.78, 5) is 20.0. The maximum absolute atomic E-state index is 13.7. The average Bonchev–Trinajstić information content (AvgIpc) is 2.80. The number of nitrogens with one attached hydrogen (secondary N) is 1. The van der Waals surface area contributed by atoms with Gasteiger partial charge in [0, 0.05) is 55.0 Å². The highest BCUT2D eigenvalue weighted by molar-refractivity contribution is 5.94. The minimum Gasteiger partial charge on any atom is -0.359 e. The SMILES string of the molecule is CN(c1ccc(C(C)(C)C)cc1)C(C(=O)NC1CCC(F)(F)CC1)c1cncc2ccccc12. The summed E-state index contributed by atoms with van der Waals surface area (Å²) in [5.74, 6) is -2.83. The summed E-state index contributed by atoms with van der Waals surface area (Å²) in [5.41, 5.74) is 2.92. The van der Waals surface area contributed by atoms with Gasteiger partial charge in [-0.15, -0.1) is 0 Å². The first-order valence-electron chi connectivity index (χ1n) is 11.9. The number of aromatic nitrogens is 1. The van der Waals surface area contributed by atoms with E-state index in [-0.39, 0.29) is 43.0 Å². The summed E-state index contributed by atoms with van der Waals surface area (Å²) in [5, 5.41) is 4.97. The van der Waals surface area contributed by atoms with E-state index in [4.69, 9.17) is 0 Å². The number of halogens is 2. The molecule has 0 radical (unpaired) electrons. The van der Waals surface area contributed by atoms with Crippen LogP contribution in [0.3, 0.4) is 0 Å². The van der Waals surface area contributed by atoms with E-state index in [1.165, 1.54) is 5.56 Å². The molecule has 1 aromatic heterocycles. The van der Waals surface area contributed by atoms with Crippen LogP contribution >= 0.6 is 0 Å². The van der Waals surface area contributed by atoms with Crippen molar-refractivity contribution in [3.63, 3.8) is 0 Å². The van der Waals surface area contributed by atoms with Crippen LogP contribution in [0.4, 0.5) is 14.5 Å². The van der Waals surface area contributed by atoms with E-state index in [0.29, 0.717) is 0 Å². The number of anilines is 1. The van der Waals surface area contributed by atoms with E-state index in [9.17, 15) is 13.6 Å². The lowest BCUT2D eigenvalue weighted by Gasteiger charge is -2.34. The van der Waals surface area contributed by atoms with Gasteiger partial charge in [0.25, 0.3) is 0 Å². The van der Waals surface area contributed by atoms with Crippen molar-refractivity contribution in [1.82, 2.24) is 10.3 Å². The fraction of sp³-hybridized carbons (Fsp3) is 0.429. The van der Waals surface area contributed by atoms with Crippen molar-refractivity contribution < 1.29 is 13.6 Å². The third-order valence-electron chi connectivity index (χ3n) is 6.83. The largest absolute Gasteiger partial charge is 0.359 e. The van der Waals surface area contributed by atoms with Gasteiger partial charge in [-0.25, -0.2) is 8.78 Å². The first-order chi connectivity index (χ1) is 16.0. The van der Waals surface area contributed by atoms with E-state index in [0.717, 1.165) is 22.0 Å². The molecule has 6 heteroatoms. The molecule has 1 aliphatic carbocycles. The molecular formula is C28H33F2N3O. The number of carbonyl (C=O) groups is 1. The third-order valence-corrected chi connectivity index (χ3v) is 6.83. The second-order valence-corrected chi connectivity index (χ2v) is 10.4. The molecule has 1 atom stereocenters. The predicted octanol–water partition coefficient (Wildman–Crippen LogP) is 6.40. The quantitative estimate of drug-likeness (QED) is 0.474. The van der Waals surface area contributed by atoms with Gasteiger partial charge in [-0.05, 0) is 41.3 Å². The molecule has 1 unspecified atom stereocenters. The lowest BCUT2D eigenvalue weighted by molar-refractivity contribution is -0.124. The maximum Gasteiger partial charge on any atom is 0.248 e. The first-order valence-corrected chi connectivity index (χ1v) is 11.9. The minimum atomic E-state index is -2.63. The number of hydrogen-bond acceptors (Lipinski definition) is 3. The maximum atomic E-state index is 13.7. The van der Waals surface area contributed by atoms with Gasteiger partial charge in [0.1, 0.15) is 6.04 Å². The van der Waals surface area contributed by atoms with Gasteiger partial charge in [0.2, 0.25) is 11.8 Å². The van der Waals surface area contributed by atoms with Crippen LogP contribution in [0.1, 0.15) is 63.6 Å². The van der Waals surface area contributed by atoms with Crippen molar-refractivity contribution in [3.05, 3.63) is 72.1 Å². The summed E-state index contributed by atoms with van der Waals surface area (Å²) in [6.45, 7) is 6.49. The molecule has 0 spiro atoms. The highest BCUT2D eigenvalue weighted by atomic mass is 19.3. The Hall–Kier alpha value is -3.02. The third kappa shape index (κ3) is 5.21. The van der Waals surface area contributed by atoms with E-state index in [1.54, 1.807) is 12.4 Å². The van der Waals surface area contributed by atoms with Crippen LogP contribution in [-0.4, -0.2) is 29.9 Å². The molecule has 0 saturated heterocycles. The molecule has 1 aliphatic rings. The number of hydrogen-bond donors (Lipinski definition) is 1. The fourth-order valence-electron chi connectivity index (χ4n) is 4.69. The number of nitrogens with zero attached hydrogens (tertiary/aromatic N) is 2. The molecule has 1 saturated carbocycles. The molecule has 0 bridgehead atoms. The Morgan fingerprint density at radius 1 is 1.06 bits per heavy atom. The van der Waals surface area contributed by atoms with E-state index in [2.05, 4.69) is 43.2 Å². The Kier molecular flexibility index (Phi) is 6.61. The molecule has 2 aromatic carbocycles. The van der Waals surface area contributed by atoms with Crippen molar-refractivity contribution >= 4 is 22.4 Å². The van der Waals surface area contributed by atoms with Gasteiger partial charge in [-0.1, -0.05) is 57.2 Å². The highest BCUT2D eigenvalue weighted by Gasteiger charge is 2.37. The molecule has 34 heavy (non-hydrogen) atoms. The van der Waals surface area contributed by atoms with Gasteiger partial charge in [-0.2, -0.15) is 0 Å². The van der Waals surface area contributed by atoms with Crippen LogP contribution < -0.4 is 10.2 Å². The number of carbonyl (C=O) groups excluding carboxylic acids is 1. The van der Waals surface area contributed by atoms with Gasteiger partial charge in [0.05, 0.1) is 0 Å². The molecule has 4 rings (SSSR count). The molecule has 1 N–H and O–H groups in total. The van der Waals surface area contributed by atoms with E-state index in [1.807, 2.05) is 48.3 Å². The number of likely N-dealkylation sites (N-methyl/N-ethyl adjacent to an activating group) is 1. The van der Waals surface area contributed by atoms with Crippen LogP contribution in [0.5, 0.6) is 0 Å². The number of amides is 1. The van der Waals surface area contributed by atoms with E-state index >= 15 is 0 Å². The number of pyridine rings is 1. The lowest BCUT2D eigenvalue weighted by atomic mass is 9.87. The average molecular weight is 466 g/mol. The van der Waals surface area contributed by atoms with Crippen molar-refractivity contribution in [2.75, 3.05) is 11.9 Å². The van der Waals surface area contributed by atoms with Crippen molar-refractivity contribution in [2.24, 2.45) is 0 Å². The van der Waals surface area contributed by atoms with Gasteiger partial charge in [0.15, 0.2) is 0 Å². The second-order valence-electron chi connectivity index (χ2n) is 10.4. The van der Waals surface area contributed by atoms with E-state index < -0.39 is 12.0 Å². The molecular weight excluding hydrogens is 432 g/mol. The van der Waals surface area contributed by atoms with Crippen LogP contribution in [0.2, 0.25) is 0 Å². The summed E-state index contributed by atoms with van der Waals surface area (Å²) < 4.78 is 27.3. The fourth-order valence-corrected chi connectivity index (χ4v) is 4.69. The highest BCUT2D eigenvalue weighted by Crippen LogP contribution is 2.35. The Bertz CT molecular complexity index is 1140. The molecule has 180 valence electrons. The molecule has 1 amide bonds. The minimum absolute atomic E-state index is 0.0243. The van der Waals surface area contributed by atoms with Gasteiger partial charge >= 0.3 is 0 Å². The molecule has 4 nitrogen and oxygen atoms in total. The zero-order chi connectivity index (χ0) is 24.5. The second kappa shape index (κ2) is 9.32. The topological polar surface area (TPSA) is 45.2 Å². The molecule has 1 heterocycles. The van der Waals surface area contributed by atoms with Gasteiger partial charge in [-0.3, -0.25) is 9.78 Å². The Morgan fingerprint density at radius 2 is 1.71 bits per heavy atom. The Balaban J connectivity index is 1.68. The zero-order valence-electron chi connectivity index (χ0n) is 20.3. The van der Waals surface area contributed by atoms with Crippen LogP contribution in [-0.2, 0) is 10.2 Å². The van der Waals surface area contributed by atoms with Crippen molar-refractivity contribution in [2.45, 2.75) is 69.9 Å². The smallest absolute Gasteiger partial charge is 0.248 e. The molecule has 0 aliphatic heterocycles. The number of fused-ring (bicyclic) bond motifs is 1. The number of rotatable bonds is 5. The van der Waals surface area contributed by atoms with Crippen molar-refractivity contribution in [3.8, 4) is 0 Å². The van der Waals surface area contributed by atoms with Crippen LogP contribution in [0.25, 0.3) is 10.8 Å². The summed E-state index contributed by atoms with van der Waals surface area (Å²) in [6, 6.07) is 15.2. The number of alkyl halides is 2. The Morgan fingerprint density at radius 3 is 2.35 bits per heavy atom.